The molecule has 0 spiro atoms. The molecule has 1 atom stereocenters. The topological polar surface area (TPSA) is 72.2 Å². The van der Waals surface area contributed by atoms with Gasteiger partial charge < -0.3 is 5.73 Å². The van der Waals surface area contributed by atoms with Crippen LogP contribution in [0.1, 0.15) is 18.9 Å². The molecule has 1 unspecified atom stereocenters. The second-order valence-corrected chi connectivity index (χ2v) is 5.90. The molecule has 0 amide bonds. The first-order chi connectivity index (χ1) is 8.64. The molecule has 0 aromatic heterocycles. The zero-order valence-electron chi connectivity index (χ0n) is 10.2. The van der Waals surface area contributed by atoms with Crippen LogP contribution in [0.2, 0.25) is 0 Å². The molecular weight excluding hydrogens is 281 g/mol. The van der Waals surface area contributed by atoms with E-state index in [0.717, 1.165) is 5.56 Å². The maximum absolute atomic E-state index is 12.1. The van der Waals surface area contributed by atoms with Crippen LogP contribution < -0.4 is 10.5 Å². The minimum atomic E-state index is -4.41. The van der Waals surface area contributed by atoms with Crippen LogP contribution in [-0.4, -0.2) is 20.6 Å². The molecule has 0 aliphatic rings. The summed E-state index contributed by atoms with van der Waals surface area (Å²) >= 11 is 0. The van der Waals surface area contributed by atoms with E-state index in [2.05, 4.69) is 0 Å². The van der Waals surface area contributed by atoms with Crippen molar-refractivity contribution in [2.24, 2.45) is 5.73 Å². The highest BCUT2D eigenvalue weighted by Crippen LogP contribution is 2.22. The van der Waals surface area contributed by atoms with Crippen LogP contribution in [0.25, 0.3) is 0 Å². The lowest BCUT2D eigenvalue weighted by molar-refractivity contribution is -0.137. The quantitative estimate of drug-likeness (QED) is 0.869. The Morgan fingerprint density at radius 2 is 1.79 bits per heavy atom. The number of hydrogen-bond acceptors (Lipinski definition) is 3. The van der Waals surface area contributed by atoms with Gasteiger partial charge in [-0.15, -0.1) is 0 Å². The highest BCUT2D eigenvalue weighted by atomic mass is 32.2. The molecule has 1 aromatic carbocycles. The summed E-state index contributed by atoms with van der Waals surface area (Å²) < 4.78 is 62.0. The fourth-order valence-electron chi connectivity index (χ4n) is 1.53. The third-order valence-electron chi connectivity index (χ3n) is 2.36. The van der Waals surface area contributed by atoms with Gasteiger partial charge in [-0.25, -0.2) is 13.1 Å². The van der Waals surface area contributed by atoms with Gasteiger partial charge in [-0.1, -0.05) is 12.1 Å². The highest BCUT2D eigenvalue weighted by molar-refractivity contribution is 7.89. The SMILES string of the molecule is CC(CC(F)(F)F)NS(=O)(=O)c1ccc(CN)cc1. The van der Waals surface area contributed by atoms with Gasteiger partial charge in [-0.2, -0.15) is 13.2 Å². The lowest BCUT2D eigenvalue weighted by Crippen LogP contribution is -2.35. The van der Waals surface area contributed by atoms with Crippen molar-refractivity contribution in [2.45, 2.75) is 37.0 Å². The van der Waals surface area contributed by atoms with Gasteiger partial charge in [-0.3, -0.25) is 0 Å². The third-order valence-corrected chi connectivity index (χ3v) is 3.97. The average molecular weight is 296 g/mol. The van der Waals surface area contributed by atoms with E-state index in [0.29, 0.717) is 0 Å². The Morgan fingerprint density at radius 3 is 2.21 bits per heavy atom. The normalized spacial score (nSPS) is 14.4. The number of hydrogen-bond donors (Lipinski definition) is 2. The summed E-state index contributed by atoms with van der Waals surface area (Å²) in [5, 5.41) is 0. The maximum atomic E-state index is 12.1. The van der Waals surface area contributed by atoms with Crippen LogP contribution in [0.5, 0.6) is 0 Å². The van der Waals surface area contributed by atoms with Crippen molar-refractivity contribution in [2.75, 3.05) is 0 Å². The van der Waals surface area contributed by atoms with E-state index in [1.165, 1.54) is 31.2 Å². The molecule has 0 heterocycles. The Kier molecular flexibility index (Phi) is 4.94. The molecular formula is C11H15F3N2O2S. The first kappa shape index (κ1) is 15.9. The molecule has 4 nitrogen and oxygen atoms in total. The predicted molar refractivity (Wildman–Crippen MR) is 64.8 cm³/mol. The van der Waals surface area contributed by atoms with Crippen molar-refractivity contribution in [3.8, 4) is 0 Å². The average Bonchev–Trinajstić information content (AvgIpc) is 2.25. The van der Waals surface area contributed by atoms with E-state index in [4.69, 9.17) is 5.73 Å². The molecule has 1 aromatic rings. The van der Waals surface area contributed by atoms with Crippen molar-refractivity contribution in [1.29, 1.82) is 0 Å². The van der Waals surface area contributed by atoms with Crippen molar-refractivity contribution in [1.82, 2.24) is 4.72 Å². The number of benzene rings is 1. The monoisotopic (exact) mass is 296 g/mol. The van der Waals surface area contributed by atoms with E-state index in [1.807, 2.05) is 4.72 Å². The van der Waals surface area contributed by atoms with E-state index in [9.17, 15) is 21.6 Å². The summed E-state index contributed by atoms with van der Waals surface area (Å²) in [5.41, 5.74) is 6.11. The van der Waals surface area contributed by atoms with Gasteiger partial charge in [0, 0.05) is 12.6 Å². The van der Waals surface area contributed by atoms with Gasteiger partial charge in [0.05, 0.1) is 11.3 Å². The van der Waals surface area contributed by atoms with Crippen LogP contribution >= 0.6 is 0 Å². The van der Waals surface area contributed by atoms with E-state index in [1.54, 1.807) is 0 Å². The van der Waals surface area contributed by atoms with Crippen LogP contribution in [0.4, 0.5) is 13.2 Å². The lowest BCUT2D eigenvalue weighted by atomic mass is 10.2. The Bertz CT molecular complexity index is 512. The Morgan fingerprint density at radius 1 is 1.26 bits per heavy atom. The Labute approximate surface area is 109 Å². The van der Waals surface area contributed by atoms with Gasteiger partial charge in [-0.05, 0) is 24.6 Å². The zero-order valence-corrected chi connectivity index (χ0v) is 11.1. The summed E-state index contributed by atoms with van der Waals surface area (Å²) in [7, 11) is -3.95. The number of nitrogens with two attached hydrogens (primary N) is 1. The first-order valence-electron chi connectivity index (χ1n) is 5.52. The molecule has 19 heavy (non-hydrogen) atoms. The number of halogens is 3. The summed E-state index contributed by atoms with van der Waals surface area (Å²) in [4.78, 5) is -0.0845. The number of sulfonamides is 1. The molecule has 1 rings (SSSR count). The highest BCUT2D eigenvalue weighted by Gasteiger charge is 2.31. The molecule has 0 aliphatic heterocycles. The minimum absolute atomic E-state index is 0.0845. The number of alkyl halides is 3. The van der Waals surface area contributed by atoms with E-state index in [-0.39, 0.29) is 11.4 Å². The number of rotatable bonds is 5. The van der Waals surface area contributed by atoms with E-state index >= 15 is 0 Å². The van der Waals surface area contributed by atoms with Crippen LogP contribution in [0, 0.1) is 0 Å². The van der Waals surface area contributed by atoms with Crippen molar-refractivity contribution >= 4 is 10.0 Å². The first-order valence-corrected chi connectivity index (χ1v) is 7.00. The second kappa shape index (κ2) is 5.89. The standard InChI is InChI=1S/C11H15F3N2O2S/c1-8(6-11(12,13)14)16-19(17,18)10-4-2-9(7-15)3-5-10/h2-5,8,16H,6-7,15H2,1H3. The number of nitrogens with one attached hydrogen (secondary N) is 1. The molecule has 8 heteroatoms. The van der Waals surface area contributed by atoms with Crippen molar-refractivity contribution in [3.05, 3.63) is 29.8 Å². The molecule has 0 radical (unpaired) electrons. The Hall–Kier alpha value is -1.12. The molecule has 0 saturated heterocycles. The molecule has 0 saturated carbocycles. The zero-order chi connectivity index (χ0) is 14.7. The van der Waals surface area contributed by atoms with Gasteiger partial charge in [0.2, 0.25) is 10.0 Å². The lowest BCUT2D eigenvalue weighted by Gasteiger charge is -2.16. The molecule has 3 N–H and O–H groups in total. The minimum Gasteiger partial charge on any atom is -0.326 e. The van der Waals surface area contributed by atoms with Gasteiger partial charge in [0.1, 0.15) is 0 Å². The summed E-state index contributed by atoms with van der Waals surface area (Å²) in [5.74, 6) is 0. The summed E-state index contributed by atoms with van der Waals surface area (Å²) in [6.45, 7) is 1.43. The fraction of sp³-hybridized carbons (Fsp3) is 0.455. The maximum Gasteiger partial charge on any atom is 0.390 e. The van der Waals surface area contributed by atoms with Crippen molar-refractivity contribution in [3.63, 3.8) is 0 Å². The third kappa shape index (κ3) is 5.17. The van der Waals surface area contributed by atoms with Gasteiger partial charge >= 0.3 is 6.18 Å². The second-order valence-electron chi connectivity index (χ2n) is 4.19. The van der Waals surface area contributed by atoms with Crippen molar-refractivity contribution < 1.29 is 21.6 Å². The Balaban J connectivity index is 2.80. The summed E-state index contributed by atoms with van der Waals surface area (Å²) in [6, 6.07) is 4.43. The van der Waals surface area contributed by atoms with Crippen LogP contribution in [0.15, 0.2) is 29.2 Å². The van der Waals surface area contributed by atoms with Crippen LogP contribution in [0.3, 0.4) is 0 Å². The van der Waals surface area contributed by atoms with E-state index < -0.39 is 28.7 Å². The fourth-order valence-corrected chi connectivity index (χ4v) is 2.77. The molecule has 108 valence electrons. The molecule has 0 fully saturated rings. The predicted octanol–water partition coefficient (Wildman–Crippen LogP) is 1.76. The van der Waals surface area contributed by atoms with Gasteiger partial charge in [0.15, 0.2) is 0 Å². The van der Waals surface area contributed by atoms with Crippen LogP contribution in [-0.2, 0) is 16.6 Å². The molecule has 0 bridgehead atoms. The van der Waals surface area contributed by atoms with Gasteiger partial charge in [0.25, 0.3) is 0 Å². The summed E-state index contributed by atoms with van der Waals surface area (Å²) in [6.07, 6.45) is -5.63. The smallest absolute Gasteiger partial charge is 0.326 e. The largest absolute Gasteiger partial charge is 0.390 e. The molecule has 0 aliphatic carbocycles.